The Hall–Kier alpha value is -0.710. The molecule has 0 fully saturated rings. The van der Waals surface area contributed by atoms with Gasteiger partial charge in [0.2, 0.25) is 5.91 Å². The van der Waals surface area contributed by atoms with Gasteiger partial charge in [-0.25, -0.2) is 0 Å². The van der Waals surface area contributed by atoms with Gasteiger partial charge in [0.1, 0.15) is 0 Å². The summed E-state index contributed by atoms with van der Waals surface area (Å²) < 4.78 is 0. The summed E-state index contributed by atoms with van der Waals surface area (Å²) in [6.07, 6.45) is 0.690. The number of amides is 1. The Balaban J connectivity index is 2.61. The van der Waals surface area contributed by atoms with Gasteiger partial charge in [0.25, 0.3) is 0 Å². The fraction of sp³-hybridized carbons (Fsp3) is 0.562. The van der Waals surface area contributed by atoms with Crippen LogP contribution < -0.4 is 11.1 Å². The van der Waals surface area contributed by atoms with Crippen LogP contribution in [0.5, 0.6) is 0 Å². The van der Waals surface area contributed by atoms with Gasteiger partial charge in [-0.3, -0.25) is 4.79 Å². The van der Waals surface area contributed by atoms with E-state index in [-0.39, 0.29) is 11.9 Å². The lowest BCUT2D eigenvalue weighted by atomic mass is 9.94. The third-order valence-corrected chi connectivity index (χ3v) is 4.91. The van der Waals surface area contributed by atoms with Crippen LogP contribution in [0.4, 0.5) is 0 Å². The normalized spacial score (nSPS) is 15.7. The second-order valence-electron chi connectivity index (χ2n) is 5.91. The maximum absolute atomic E-state index is 11.7. The SMILES string of the molecule is CC(C)NC(C)(CC(C)SCc1ccccc1Cl)C(N)=O. The lowest BCUT2D eigenvalue weighted by Gasteiger charge is -2.32. The monoisotopic (exact) mass is 328 g/mol. The molecule has 1 rings (SSSR count). The number of hydrogen-bond donors (Lipinski definition) is 2. The molecule has 0 bridgehead atoms. The zero-order chi connectivity index (χ0) is 16.0. The molecule has 5 heteroatoms. The van der Waals surface area contributed by atoms with E-state index >= 15 is 0 Å². The number of rotatable bonds is 8. The predicted octanol–water partition coefficient (Wildman–Crippen LogP) is 3.59. The molecule has 0 aliphatic carbocycles. The van der Waals surface area contributed by atoms with Gasteiger partial charge >= 0.3 is 0 Å². The maximum atomic E-state index is 11.7. The topological polar surface area (TPSA) is 55.1 Å². The minimum Gasteiger partial charge on any atom is -0.368 e. The summed E-state index contributed by atoms with van der Waals surface area (Å²) in [5.41, 5.74) is 6.01. The molecule has 0 saturated heterocycles. The largest absolute Gasteiger partial charge is 0.368 e. The van der Waals surface area contributed by atoms with E-state index in [1.54, 1.807) is 11.8 Å². The zero-order valence-electron chi connectivity index (χ0n) is 13.2. The summed E-state index contributed by atoms with van der Waals surface area (Å²) >= 11 is 7.94. The first-order valence-electron chi connectivity index (χ1n) is 7.17. The third-order valence-electron chi connectivity index (χ3n) is 3.33. The standard InChI is InChI=1S/C16H25ClN2OS/c1-11(2)19-16(4,15(18)20)9-12(3)21-10-13-7-5-6-8-14(13)17/h5-8,11-12,19H,9-10H2,1-4H3,(H2,18,20). The molecule has 0 aliphatic rings. The molecule has 2 atom stereocenters. The molecule has 0 spiro atoms. The Morgan fingerprint density at radius 1 is 1.38 bits per heavy atom. The fourth-order valence-electron chi connectivity index (χ4n) is 2.35. The summed E-state index contributed by atoms with van der Waals surface area (Å²) in [5, 5.41) is 4.37. The fourth-order valence-corrected chi connectivity index (χ4v) is 3.80. The first-order valence-corrected chi connectivity index (χ1v) is 8.60. The minimum atomic E-state index is -0.679. The van der Waals surface area contributed by atoms with Crippen molar-refractivity contribution in [3.05, 3.63) is 34.9 Å². The first-order chi connectivity index (χ1) is 9.74. The molecule has 3 N–H and O–H groups in total. The number of carbonyl (C=O) groups is 1. The van der Waals surface area contributed by atoms with Crippen molar-refractivity contribution in [2.24, 2.45) is 5.73 Å². The molecular formula is C16H25ClN2OS. The maximum Gasteiger partial charge on any atom is 0.237 e. The van der Waals surface area contributed by atoms with Crippen LogP contribution in [0.2, 0.25) is 5.02 Å². The number of primary amides is 1. The van der Waals surface area contributed by atoms with E-state index in [0.717, 1.165) is 16.3 Å². The van der Waals surface area contributed by atoms with Gasteiger partial charge in [0.05, 0.1) is 5.54 Å². The molecular weight excluding hydrogens is 304 g/mol. The molecule has 1 aromatic carbocycles. The summed E-state index contributed by atoms with van der Waals surface area (Å²) in [5.74, 6) is 0.526. The van der Waals surface area contributed by atoms with Gasteiger partial charge in [-0.2, -0.15) is 11.8 Å². The van der Waals surface area contributed by atoms with Crippen molar-refractivity contribution in [1.82, 2.24) is 5.32 Å². The average molecular weight is 329 g/mol. The second-order valence-corrected chi connectivity index (χ2v) is 7.75. The van der Waals surface area contributed by atoms with Crippen molar-refractivity contribution >= 4 is 29.3 Å². The van der Waals surface area contributed by atoms with E-state index in [0.29, 0.717) is 11.7 Å². The van der Waals surface area contributed by atoms with Gasteiger partial charge < -0.3 is 11.1 Å². The summed E-state index contributed by atoms with van der Waals surface area (Å²) in [4.78, 5) is 11.7. The molecule has 1 aromatic rings. The van der Waals surface area contributed by atoms with E-state index in [1.807, 2.05) is 45.0 Å². The number of thioether (sulfide) groups is 1. The van der Waals surface area contributed by atoms with Gasteiger partial charge in [-0.15, -0.1) is 0 Å². The molecule has 0 saturated carbocycles. The Bertz CT molecular complexity index is 481. The third kappa shape index (κ3) is 5.89. The van der Waals surface area contributed by atoms with Crippen LogP contribution in [0.3, 0.4) is 0 Å². The van der Waals surface area contributed by atoms with Crippen molar-refractivity contribution in [3.8, 4) is 0 Å². The van der Waals surface area contributed by atoms with Gasteiger partial charge in [0, 0.05) is 22.1 Å². The van der Waals surface area contributed by atoms with Crippen LogP contribution in [0.1, 0.15) is 39.7 Å². The number of hydrogen-bond acceptors (Lipinski definition) is 3. The van der Waals surface area contributed by atoms with Gasteiger partial charge in [-0.1, -0.05) is 36.7 Å². The molecule has 118 valence electrons. The smallest absolute Gasteiger partial charge is 0.237 e. The molecule has 3 nitrogen and oxygen atoms in total. The molecule has 0 heterocycles. The number of halogens is 1. The highest BCUT2D eigenvalue weighted by atomic mass is 35.5. The molecule has 0 radical (unpaired) electrons. The number of nitrogens with two attached hydrogens (primary N) is 1. The zero-order valence-corrected chi connectivity index (χ0v) is 14.7. The van der Waals surface area contributed by atoms with Crippen molar-refractivity contribution in [2.45, 2.75) is 56.7 Å². The second kappa shape index (κ2) is 8.06. The minimum absolute atomic E-state index is 0.211. The predicted molar refractivity (Wildman–Crippen MR) is 92.7 cm³/mol. The van der Waals surface area contributed by atoms with Crippen LogP contribution in [0, 0.1) is 0 Å². The average Bonchev–Trinajstić information content (AvgIpc) is 2.36. The van der Waals surface area contributed by atoms with Gasteiger partial charge in [-0.05, 0) is 38.8 Å². The highest BCUT2D eigenvalue weighted by Gasteiger charge is 2.33. The highest BCUT2D eigenvalue weighted by molar-refractivity contribution is 7.99. The molecule has 1 amide bonds. The van der Waals surface area contributed by atoms with E-state index in [1.165, 1.54) is 0 Å². The number of benzene rings is 1. The van der Waals surface area contributed by atoms with E-state index in [4.69, 9.17) is 17.3 Å². The van der Waals surface area contributed by atoms with Gasteiger partial charge in [0.15, 0.2) is 0 Å². The van der Waals surface area contributed by atoms with Crippen LogP contribution in [0.25, 0.3) is 0 Å². The van der Waals surface area contributed by atoms with Crippen LogP contribution in [-0.4, -0.2) is 22.7 Å². The Labute approximate surface area is 137 Å². The molecule has 21 heavy (non-hydrogen) atoms. The van der Waals surface area contributed by atoms with Crippen LogP contribution in [0.15, 0.2) is 24.3 Å². The number of carbonyl (C=O) groups excluding carboxylic acids is 1. The molecule has 0 aromatic heterocycles. The Kier molecular flexibility index (Phi) is 7.04. The Morgan fingerprint density at radius 3 is 2.52 bits per heavy atom. The lowest BCUT2D eigenvalue weighted by molar-refractivity contribution is -0.124. The lowest BCUT2D eigenvalue weighted by Crippen LogP contribution is -2.56. The van der Waals surface area contributed by atoms with E-state index in [9.17, 15) is 4.79 Å². The van der Waals surface area contributed by atoms with Crippen molar-refractivity contribution in [1.29, 1.82) is 0 Å². The first kappa shape index (κ1) is 18.3. The highest BCUT2D eigenvalue weighted by Crippen LogP contribution is 2.28. The van der Waals surface area contributed by atoms with Crippen molar-refractivity contribution in [3.63, 3.8) is 0 Å². The number of nitrogens with one attached hydrogen (secondary N) is 1. The van der Waals surface area contributed by atoms with Crippen LogP contribution in [-0.2, 0) is 10.5 Å². The quantitative estimate of drug-likeness (QED) is 0.766. The summed E-state index contributed by atoms with van der Waals surface area (Å²) in [7, 11) is 0. The van der Waals surface area contributed by atoms with Crippen molar-refractivity contribution < 1.29 is 4.79 Å². The molecule has 2 unspecified atom stereocenters. The Morgan fingerprint density at radius 2 is 2.00 bits per heavy atom. The van der Waals surface area contributed by atoms with E-state index < -0.39 is 5.54 Å². The van der Waals surface area contributed by atoms with Crippen molar-refractivity contribution in [2.75, 3.05) is 0 Å². The van der Waals surface area contributed by atoms with Crippen LogP contribution >= 0.6 is 23.4 Å². The molecule has 0 aliphatic heterocycles. The van der Waals surface area contributed by atoms with E-state index in [2.05, 4.69) is 12.2 Å². The summed E-state index contributed by atoms with van der Waals surface area (Å²) in [6, 6.07) is 8.05. The summed E-state index contributed by atoms with van der Waals surface area (Å²) in [6.45, 7) is 8.03.